The van der Waals surface area contributed by atoms with E-state index in [-0.39, 0.29) is 25.0 Å². The number of benzene rings is 2. The first-order valence-corrected chi connectivity index (χ1v) is 13.6. The standard InChI is InChI=1S/C29H33NO6S/c1-34-25-14-13-20-17-30(24(29(32)33)16-23(20)27(25)35-18-22-12-7-15-37-22)28(31)26(19-8-3-2-4-9-19)36-21-10-5-6-11-21/h2-4,7-9,12-15,21,24,26,29,32-33H,5-6,10-11,16-18H2,1H3/t24?,26-/m0/s1. The summed E-state index contributed by atoms with van der Waals surface area (Å²) in [6.45, 7) is 0.595. The average molecular weight is 524 g/mol. The summed E-state index contributed by atoms with van der Waals surface area (Å²) in [4.78, 5) is 16.6. The van der Waals surface area contributed by atoms with Gasteiger partial charge in [-0.05, 0) is 41.5 Å². The quantitative estimate of drug-likeness (QED) is 0.399. The molecule has 2 N–H and O–H groups in total. The van der Waals surface area contributed by atoms with Gasteiger partial charge < -0.3 is 29.3 Å². The van der Waals surface area contributed by atoms with Crippen molar-refractivity contribution >= 4 is 17.2 Å². The van der Waals surface area contributed by atoms with E-state index in [2.05, 4.69) is 0 Å². The molecule has 1 saturated carbocycles. The molecule has 1 aromatic heterocycles. The fourth-order valence-electron chi connectivity index (χ4n) is 5.28. The first kappa shape index (κ1) is 25.7. The molecule has 1 aliphatic carbocycles. The summed E-state index contributed by atoms with van der Waals surface area (Å²) in [5, 5.41) is 22.8. The molecule has 0 bridgehead atoms. The summed E-state index contributed by atoms with van der Waals surface area (Å²) in [5.41, 5.74) is 2.48. The summed E-state index contributed by atoms with van der Waals surface area (Å²) in [6.07, 6.45) is 1.74. The molecule has 0 spiro atoms. The number of amides is 1. The Bertz CT molecular complexity index is 1180. The number of nitrogens with zero attached hydrogens (tertiary/aromatic N) is 1. The zero-order chi connectivity index (χ0) is 25.8. The molecule has 1 amide bonds. The van der Waals surface area contributed by atoms with Crippen molar-refractivity contribution in [3.63, 3.8) is 0 Å². The molecule has 2 heterocycles. The van der Waals surface area contributed by atoms with Gasteiger partial charge in [-0.3, -0.25) is 4.79 Å². The number of hydrogen-bond donors (Lipinski definition) is 2. The zero-order valence-electron chi connectivity index (χ0n) is 20.9. The molecule has 196 valence electrons. The van der Waals surface area contributed by atoms with Crippen molar-refractivity contribution < 1.29 is 29.2 Å². The highest BCUT2D eigenvalue weighted by atomic mass is 32.1. The smallest absolute Gasteiger partial charge is 0.257 e. The van der Waals surface area contributed by atoms with Crippen molar-refractivity contribution in [2.45, 2.75) is 69.8 Å². The summed E-state index contributed by atoms with van der Waals surface area (Å²) < 4.78 is 18.1. The maximum atomic E-state index is 14.0. The van der Waals surface area contributed by atoms with Gasteiger partial charge in [-0.15, -0.1) is 11.3 Å². The Morgan fingerprint density at radius 2 is 1.86 bits per heavy atom. The van der Waals surface area contributed by atoms with E-state index in [1.807, 2.05) is 60.0 Å². The second-order valence-electron chi connectivity index (χ2n) is 9.59. The topological polar surface area (TPSA) is 88.5 Å². The molecule has 8 heteroatoms. The Kier molecular flexibility index (Phi) is 8.10. The second-order valence-corrected chi connectivity index (χ2v) is 10.6. The van der Waals surface area contributed by atoms with Crippen LogP contribution in [0.25, 0.3) is 0 Å². The Labute approximate surface area is 221 Å². The minimum absolute atomic E-state index is 0.0187. The van der Waals surface area contributed by atoms with Gasteiger partial charge >= 0.3 is 0 Å². The van der Waals surface area contributed by atoms with Crippen LogP contribution in [0.4, 0.5) is 0 Å². The molecule has 2 aromatic carbocycles. The van der Waals surface area contributed by atoms with Gasteiger partial charge in [0, 0.05) is 23.4 Å². The molecule has 0 saturated heterocycles. The van der Waals surface area contributed by atoms with E-state index >= 15 is 0 Å². The third kappa shape index (κ3) is 5.67. The van der Waals surface area contributed by atoms with E-state index in [1.165, 1.54) is 0 Å². The third-order valence-electron chi connectivity index (χ3n) is 7.22. The van der Waals surface area contributed by atoms with Crippen molar-refractivity contribution in [1.29, 1.82) is 0 Å². The van der Waals surface area contributed by atoms with Crippen LogP contribution in [0, 0.1) is 0 Å². The van der Waals surface area contributed by atoms with Gasteiger partial charge in [0.05, 0.1) is 19.3 Å². The monoisotopic (exact) mass is 523 g/mol. The van der Waals surface area contributed by atoms with Crippen molar-refractivity contribution in [3.05, 3.63) is 81.5 Å². The summed E-state index contributed by atoms with van der Waals surface area (Å²) in [5.74, 6) is 0.889. The van der Waals surface area contributed by atoms with E-state index in [1.54, 1.807) is 23.3 Å². The number of methoxy groups -OCH3 is 1. The van der Waals surface area contributed by atoms with Crippen LogP contribution in [-0.2, 0) is 29.1 Å². The van der Waals surface area contributed by atoms with Gasteiger partial charge in [-0.1, -0.05) is 55.3 Å². The second kappa shape index (κ2) is 11.6. The van der Waals surface area contributed by atoms with Crippen molar-refractivity contribution in [1.82, 2.24) is 4.90 Å². The SMILES string of the molecule is COc1ccc2c(c1OCc1cccs1)CC(C(O)O)N(C(=O)[C@@H](OC1CCCC1)c1ccccc1)C2. The molecule has 3 aromatic rings. The van der Waals surface area contributed by atoms with Crippen molar-refractivity contribution in [2.75, 3.05) is 7.11 Å². The van der Waals surface area contributed by atoms with Gasteiger partial charge in [-0.2, -0.15) is 0 Å². The van der Waals surface area contributed by atoms with Gasteiger partial charge in [0.15, 0.2) is 23.9 Å². The Morgan fingerprint density at radius 1 is 1.08 bits per heavy atom. The first-order chi connectivity index (χ1) is 18.0. The fraction of sp³-hybridized carbons (Fsp3) is 0.414. The van der Waals surface area contributed by atoms with E-state index < -0.39 is 18.4 Å². The summed E-state index contributed by atoms with van der Waals surface area (Å²) >= 11 is 1.60. The molecular weight excluding hydrogens is 490 g/mol. The number of carbonyl (C=O) groups excluding carboxylic acids is 1. The normalized spacial score (nSPS) is 18.6. The van der Waals surface area contributed by atoms with E-state index in [0.29, 0.717) is 18.1 Å². The minimum atomic E-state index is -1.73. The van der Waals surface area contributed by atoms with Crippen molar-refractivity contribution in [3.8, 4) is 11.5 Å². The number of aliphatic hydroxyl groups is 2. The lowest BCUT2D eigenvalue weighted by molar-refractivity contribution is -0.164. The van der Waals surface area contributed by atoms with Gasteiger partial charge in [0.25, 0.3) is 5.91 Å². The highest BCUT2D eigenvalue weighted by Gasteiger charge is 2.40. The van der Waals surface area contributed by atoms with E-state index in [9.17, 15) is 15.0 Å². The minimum Gasteiger partial charge on any atom is -0.493 e. The molecule has 37 heavy (non-hydrogen) atoms. The van der Waals surface area contributed by atoms with Gasteiger partial charge in [-0.25, -0.2) is 0 Å². The zero-order valence-corrected chi connectivity index (χ0v) is 21.7. The molecule has 2 aliphatic rings. The number of hydrogen-bond acceptors (Lipinski definition) is 7. The Balaban J connectivity index is 1.46. The molecule has 7 nitrogen and oxygen atoms in total. The summed E-state index contributed by atoms with van der Waals surface area (Å²) in [7, 11) is 1.58. The molecule has 5 rings (SSSR count). The Hall–Kier alpha value is -2.91. The van der Waals surface area contributed by atoms with Crippen LogP contribution in [-0.4, -0.2) is 46.6 Å². The third-order valence-corrected chi connectivity index (χ3v) is 8.07. The molecule has 1 fully saturated rings. The highest BCUT2D eigenvalue weighted by molar-refractivity contribution is 7.09. The Morgan fingerprint density at radius 3 is 2.54 bits per heavy atom. The number of fused-ring (bicyclic) bond motifs is 1. The van der Waals surface area contributed by atoms with Gasteiger partial charge in [0.1, 0.15) is 6.61 Å². The van der Waals surface area contributed by atoms with E-state index in [0.717, 1.165) is 47.3 Å². The first-order valence-electron chi connectivity index (χ1n) is 12.8. The molecular formula is C29H33NO6S. The number of thiophene rings is 1. The molecule has 1 unspecified atom stereocenters. The molecule has 0 radical (unpaired) electrons. The predicted octanol–water partition coefficient (Wildman–Crippen LogP) is 4.60. The number of aliphatic hydroxyl groups excluding tert-OH is 1. The lowest BCUT2D eigenvalue weighted by Gasteiger charge is -2.40. The lowest BCUT2D eigenvalue weighted by Crippen LogP contribution is -2.52. The van der Waals surface area contributed by atoms with Crippen LogP contribution in [0.15, 0.2) is 60.0 Å². The number of carbonyl (C=O) groups is 1. The summed E-state index contributed by atoms with van der Waals surface area (Å²) in [6, 6.07) is 16.3. The van der Waals surface area contributed by atoms with E-state index in [4.69, 9.17) is 14.2 Å². The van der Waals surface area contributed by atoms with Crippen LogP contribution in [0.3, 0.4) is 0 Å². The van der Waals surface area contributed by atoms with Crippen LogP contribution in [0.2, 0.25) is 0 Å². The molecule has 1 aliphatic heterocycles. The predicted molar refractivity (Wildman–Crippen MR) is 140 cm³/mol. The average Bonchev–Trinajstić information content (AvgIpc) is 3.64. The van der Waals surface area contributed by atoms with Crippen LogP contribution >= 0.6 is 11.3 Å². The van der Waals surface area contributed by atoms with Crippen LogP contribution < -0.4 is 9.47 Å². The highest BCUT2D eigenvalue weighted by Crippen LogP contribution is 2.40. The maximum absolute atomic E-state index is 14.0. The maximum Gasteiger partial charge on any atom is 0.257 e. The van der Waals surface area contributed by atoms with Crippen molar-refractivity contribution in [2.24, 2.45) is 0 Å². The number of rotatable bonds is 9. The number of ether oxygens (including phenoxy) is 3. The largest absolute Gasteiger partial charge is 0.493 e. The van der Waals surface area contributed by atoms with Crippen LogP contribution in [0.5, 0.6) is 11.5 Å². The lowest BCUT2D eigenvalue weighted by atomic mass is 9.91. The molecule has 2 atom stereocenters. The fourth-order valence-corrected chi connectivity index (χ4v) is 5.89. The van der Waals surface area contributed by atoms with Crippen LogP contribution in [0.1, 0.15) is 53.4 Å². The van der Waals surface area contributed by atoms with Gasteiger partial charge in [0.2, 0.25) is 0 Å².